The number of rotatable bonds is 8. The summed E-state index contributed by atoms with van der Waals surface area (Å²) in [7, 11) is -7.86. The fraction of sp³-hybridized carbons (Fsp3) is 0.500. The van der Waals surface area contributed by atoms with Gasteiger partial charge in [0.15, 0.2) is 0 Å². The van der Waals surface area contributed by atoms with Crippen LogP contribution in [0.5, 0.6) is 0 Å². The lowest BCUT2D eigenvalue weighted by Gasteiger charge is -2.39. The monoisotopic (exact) mass is 481 g/mol. The number of aryl methyl sites for hydroxylation is 6. The minimum absolute atomic E-state index is 0.329. The van der Waals surface area contributed by atoms with E-state index in [2.05, 4.69) is 0 Å². The van der Waals surface area contributed by atoms with E-state index in [1.54, 1.807) is 41.5 Å². The van der Waals surface area contributed by atoms with Gasteiger partial charge in [-0.1, -0.05) is 35.4 Å². The molecule has 0 saturated heterocycles. The lowest BCUT2D eigenvalue weighted by atomic mass is 10.1. The molecule has 0 amide bonds. The average molecular weight is 482 g/mol. The van der Waals surface area contributed by atoms with Gasteiger partial charge in [-0.05, 0) is 77.6 Å². The van der Waals surface area contributed by atoms with Crippen LogP contribution in [0.15, 0.2) is 24.3 Å². The molecule has 0 aliphatic heterocycles. The third kappa shape index (κ3) is 5.80. The Balaban J connectivity index is 2.53. The molecule has 0 fully saturated rings. The molecule has 0 radical (unpaired) electrons. The third-order valence-electron chi connectivity index (χ3n) is 5.94. The zero-order valence-corrected chi connectivity index (χ0v) is 22.2. The van der Waals surface area contributed by atoms with Crippen molar-refractivity contribution >= 4 is 25.3 Å². The maximum atomic E-state index is 13.6. The van der Waals surface area contributed by atoms with Gasteiger partial charge in [-0.25, -0.2) is 0 Å². The Morgan fingerprint density at radius 3 is 1.25 bits per heavy atom. The van der Waals surface area contributed by atoms with Gasteiger partial charge in [-0.3, -0.25) is 14.0 Å². The van der Waals surface area contributed by atoms with Crippen molar-refractivity contribution in [2.24, 2.45) is 0 Å². The molecule has 0 aliphatic rings. The van der Waals surface area contributed by atoms with Gasteiger partial charge in [-0.15, -0.1) is 0 Å². The van der Waals surface area contributed by atoms with Crippen LogP contribution in [-0.2, 0) is 9.13 Å². The molecule has 3 N–H and O–H groups in total. The zero-order valence-electron chi connectivity index (χ0n) is 20.4. The van der Waals surface area contributed by atoms with E-state index in [9.17, 15) is 24.0 Å². The first kappa shape index (κ1) is 27.0. The van der Waals surface area contributed by atoms with Crippen molar-refractivity contribution < 1.29 is 24.0 Å². The summed E-state index contributed by atoms with van der Waals surface area (Å²) in [6.07, 6.45) is -0.667. The molecule has 2 unspecified atom stereocenters. The molecule has 8 heteroatoms. The molecule has 0 heterocycles. The normalized spacial score (nSPS) is 16.1. The molecule has 2 rings (SSSR count). The summed E-state index contributed by atoms with van der Waals surface area (Å²) in [5, 5.41) is 10.8. The number of nitrogens with zero attached hydrogens (tertiary/aromatic N) is 1. The quantitative estimate of drug-likeness (QED) is 0.493. The Bertz CT molecular complexity index is 984. The highest BCUT2D eigenvalue weighted by Crippen LogP contribution is 2.49. The second-order valence-corrected chi connectivity index (χ2v) is 14.0. The highest BCUT2D eigenvalue weighted by molar-refractivity contribution is 7.67. The number of hydrogen-bond acceptors (Lipinski definition) is 4. The molecule has 2 aromatic rings. The fourth-order valence-electron chi connectivity index (χ4n) is 4.58. The van der Waals surface area contributed by atoms with Crippen molar-refractivity contribution in [1.29, 1.82) is 0 Å². The fourth-order valence-corrected chi connectivity index (χ4v) is 9.37. The first-order valence-electron chi connectivity index (χ1n) is 10.7. The SMILES string of the molecule is Cc1cc(C)c(P(=O)(O)CN(CP(=O)(O)c2c(C)cc(C)cc2C)C(C)(C)CO)c(C)c1. The highest BCUT2D eigenvalue weighted by atomic mass is 31.2. The molecule has 6 nitrogen and oxygen atoms in total. The summed E-state index contributed by atoms with van der Waals surface area (Å²) in [5.74, 6) is 0. The second kappa shape index (κ2) is 9.54. The minimum atomic E-state index is -3.93. The van der Waals surface area contributed by atoms with E-state index in [4.69, 9.17) is 0 Å². The van der Waals surface area contributed by atoms with E-state index in [0.717, 1.165) is 11.1 Å². The predicted octanol–water partition coefficient (Wildman–Crippen LogP) is 4.02. The number of benzene rings is 2. The summed E-state index contributed by atoms with van der Waals surface area (Å²) in [6.45, 7) is 14.2. The standard InChI is InChI=1S/C24H37NO5P2/c1-16-9-18(3)22(19(4)10-16)31(27,28)14-25(24(7,8)13-26)15-32(29,30)23-20(5)11-17(2)12-21(23)6/h9-12,26H,13-15H2,1-8H3,(H,27,28)(H,29,30). The highest BCUT2D eigenvalue weighted by Gasteiger charge is 2.39. The Morgan fingerprint density at radius 1 is 0.719 bits per heavy atom. The summed E-state index contributed by atoms with van der Waals surface area (Å²) in [4.78, 5) is 23.8. The number of aliphatic hydroxyl groups excluding tert-OH is 1. The molecule has 0 aromatic heterocycles. The Hall–Kier alpha value is -1.26. The summed E-state index contributed by atoms with van der Waals surface area (Å²) in [6, 6.07) is 7.46. The van der Waals surface area contributed by atoms with Crippen LogP contribution in [0.25, 0.3) is 0 Å². The van der Waals surface area contributed by atoms with Gasteiger partial charge in [-0.2, -0.15) is 0 Å². The largest absolute Gasteiger partial charge is 0.394 e. The van der Waals surface area contributed by atoms with E-state index in [1.165, 1.54) is 4.90 Å². The van der Waals surface area contributed by atoms with Gasteiger partial charge in [0, 0.05) is 16.1 Å². The molecule has 0 aliphatic carbocycles. The first-order valence-corrected chi connectivity index (χ1v) is 14.4. The average Bonchev–Trinajstić information content (AvgIpc) is 2.58. The van der Waals surface area contributed by atoms with Crippen LogP contribution >= 0.6 is 14.7 Å². The van der Waals surface area contributed by atoms with Gasteiger partial charge in [0.1, 0.15) is 0 Å². The van der Waals surface area contributed by atoms with Crippen LogP contribution in [0.3, 0.4) is 0 Å². The van der Waals surface area contributed by atoms with Crippen LogP contribution in [0.2, 0.25) is 0 Å². The Kier molecular flexibility index (Phi) is 8.05. The van der Waals surface area contributed by atoms with Gasteiger partial charge >= 0.3 is 0 Å². The molecule has 0 saturated carbocycles. The minimum Gasteiger partial charge on any atom is -0.394 e. The van der Waals surface area contributed by atoms with Crippen LogP contribution in [0.4, 0.5) is 0 Å². The maximum Gasteiger partial charge on any atom is 0.243 e. The van der Waals surface area contributed by atoms with Crippen LogP contribution in [-0.4, -0.2) is 44.5 Å². The molecule has 0 bridgehead atoms. The van der Waals surface area contributed by atoms with E-state index in [0.29, 0.717) is 32.9 Å². The molecular formula is C24H37NO5P2. The number of hydrogen-bond donors (Lipinski definition) is 3. The van der Waals surface area contributed by atoms with E-state index < -0.39 is 20.3 Å². The van der Waals surface area contributed by atoms with Gasteiger partial charge in [0.05, 0.1) is 19.2 Å². The summed E-state index contributed by atoms with van der Waals surface area (Å²) in [5.41, 5.74) is 3.89. The van der Waals surface area contributed by atoms with Crippen LogP contribution < -0.4 is 10.6 Å². The lowest BCUT2D eigenvalue weighted by molar-refractivity contribution is 0.0833. The third-order valence-corrected chi connectivity index (χ3v) is 10.2. The molecule has 32 heavy (non-hydrogen) atoms. The van der Waals surface area contributed by atoms with Crippen molar-refractivity contribution in [3.8, 4) is 0 Å². The van der Waals surface area contributed by atoms with Crippen molar-refractivity contribution in [3.63, 3.8) is 0 Å². The summed E-state index contributed by atoms with van der Waals surface area (Å²) >= 11 is 0. The van der Waals surface area contributed by atoms with E-state index in [-0.39, 0.29) is 19.2 Å². The van der Waals surface area contributed by atoms with Crippen molar-refractivity contribution in [2.75, 3.05) is 19.2 Å². The predicted molar refractivity (Wildman–Crippen MR) is 133 cm³/mol. The summed E-state index contributed by atoms with van der Waals surface area (Å²) < 4.78 is 27.2. The lowest BCUT2D eigenvalue weighted by Crippen LogP contribution is -2.49. The molecule has 2 atom stereocenters. The van der Waals surface area contributed by atoms with E-state index in [1.807, 2.05) is 38.1 Å². The van der Waals surface area contributed by atoms with Crippen molar-refractivity contribution in [2.45, 2.75) is 60.9 Å². The Morgan fingerprint density at radius 2 is 1.00 bits per heavy atom. The molecule has 2 aromatic carbocycles. The second-order valence-electron chi connectivity index (χ2n) is 9.69. The maximum absolute atomic E-state index is 13.6. The van der Waals surface area contributed by atoms with Crippen molar-refractivity contribution in [3.05, 3.63) is 57.6 Å². The zero-order chi connectivity index (χ0) is 24.6. The first-order chi connectivity index (χ1) is 14.5. The van der Waals surface area contributed by atoms with Crippen molar-refractivity contribution in [1.82, 2.24) is 4.90 Å². The van der Waals surface area contributed by atoms with Crippen LogP contribution in [0.1, 0.15) is 47.2 Å². The Labute approximate surface area is 192 Å². The van der Waals surface area contributed by atoms with Gasteiger partial charge in [0.25, 0.3) is 0 Å². The molecular weight excluding hydrogens is 444 g/mol. The number of aliphatic hydroxyl groups is 1. The molecule has 178 valence electrons. The smallest absolute Gasteiger partial charge is 0.243 e. The van der Waals surface area contributed by atoms with E-state index >= 15 is 0 Å². The topological polar surface area (TPSA) is 98.1 Å². The molecule has 0 spiro atoms. The van der Waals surface area contributed by atoms with Gasteiger partial charge in [0.2, 0.25) is 14.7 Å². The van der Waals surface area contributed by atoms with Crippen LogP contribution in [0, 0.1) is 41.5 Å². The van der Waals surface area contributed by atoms with Gasteiger partial charge < -0.3 is 14.9 Å².